The van der Waals surface area contributed by atoms with E-state index in [-0.39, 0.29) is 6.04 Å². The minimum absolute atomic E-state index is 0.275. The lowest BCUT2D eigenvalue weighted by molar-refractivity contribution is 0.309. The van der Waals surface area contributed by atoms with Gasteiger partial charge in [0.2, 0.25) is 5.95 Å². The highest BCUT2D eigenvalue weighted by molar-refractivity contribution is 5.30. The maximum absolute atomic E-state index is 5.97. The number of hydrogen-bond acceptors (Lipinski definition) is 4. The van der Waals surface area contributed by atoms with Gasteiger partial charge in [-0.15, -0.1) is 5.10 Å². The Morgan fingerprint density at radius 1 is 1.29 bits per heavy atom. The fraction of sp³-hybridized carbons (Fsp3) is 0.833. The number of rotatable bonds is 3. The van der Waals surface area contributed by atoms with Gasteiger partial charge in [-0.25, -0.2) is 0 Å². The molecule has 1 atom stereocenters. The Morgan fingerprint density at radius 3 is 2.88 bits per heavy atom. The Balaban J connectivity index is 1.62. The lowest BCUT2D eigenvalue weighted by Crippen LogP contribution is -2.43. The second-order valence-electron chi connectivity index (χ2n) is 5.43. The number of nitrogens with two attached hydrogens (primary N) is 1. The molecule has 0 radical (unpaired) electrons. The molecule has 5 heteroatoms. The molecule has 0 bridgehead atoms. The van der Waals surface area contributed by atoms with E-state index in [9.17, 15) is 0 Å². The van der Waals surface area contributed by atoms with Crippen LogP contribution >= 0.6 is 0 Å². The highest BCUT2D eigenvalue weighted by atomic mass is 15.4. The van der Waals surface area contributed by atoms with Crippen molar-refractivity contribution >= 4 is 5.95 Å². The molecule has 1 unspecified atom stereocenters. The molecule has 1 aliphatic carbocycles. The Labute approximate surface area is 102 Å². The summed E-state index contributed by atoms with van der Waals surface area (Å²) in [6.07, 6.45) is 7.41. The van der Waals surface area contributed by atoms with Gasteiger partial charge < -0.3 is 10.6 Å². The van der Waals surface area contributed by atoms with Crippen LogP contribution in [0.4, 0.5) is 5.95 Å². The average Bonchev–Trinajstić information content (AvgIpc) is 2.72. The SMILES string of the molecule is NC1CCCN(c2n[nH]c(CC3CCC3)n2)C1. The van der Waals surface area contributed by atoms with Crippen LogP contribution in [0.1, 0.15) is 37.9 Å². The van der Waals surface area contributed by atoms with Crippen LogP contribution in [0.15, 0.2) is 0 Å². The zero-order chi connectivity index (χ0) is 11.7. The van der Waals surface area contributed by atoms with Crippen LogP contribution in [0.25, 0.3) is 0 Å². The monoisotopic (exact) mass is 235 g/mol. The molecule has 3 N–H and O–H groups in total. The third kappa shape index (κ3) is 2.44. The fourth-order valence-electron chi connectivity index (χ4n) is 2.68. The first-order chi connectivity index (χ1) is 8.31. The second-order valence-corrected chi connectivity index (χ2v) is 5.43. The summed E-state index contributed by atoms with van der Waals surface area (Å²) in [7, 11) is 0. The fourth-order valence-corrected chi connectivity index (χ4v) is 2.68. The summed E-state index contributed by atoms with van der Waals surface area (Å²) < 4.78 is 0. The highest BCUT2D eigenvalue weighted by Gasteiger charge is 2.22. The van der Waals surface area contributed by atoms with E-state index in [1.54, 1.807) is 0 Å². The molecule has 1 saturated heterocycles. The van der Waals surface area contributed by atoms with Gasteiger partial charge in [0.25, 0.3) is 0 Å². The molecule has 2 aliphatic rings. The van der Waals surface area contributed by atoms with Gasteiger partial charge in [-0.2, -0.15) is 4.98 Å². The van der Waals surface area contributed by atoms with Gasteiger partial charge in [0.1, 0.15) is 5.82 Å². The van der Waals surface area contributed by atoms with Crippen molar-refractivity contribution in [1.29, 1.82) is 0 Å². The normalized spacial score (nSPS) is 25.9. The van der Waals surface area contributed by atoms with Crippen LogP contribution in [0, 0.1) is 5.92 Å². The van der Waals surface area contributed by atoms with Crippen molar-refractivity contribution in [2.45, 2.75) is 44.6 Å². The topological polar surface area (TPSA) is 70.8 Å². The van der Waals surface area contributed by atoms with Gasteiger partial charge in [-0.3, -0.25) is 5.10 Å². The van der Waals surface area contributed by atoms with E-state index in [1.807, 2.05) is 0 Å². The smallest absolute Gasteiger partial charge is 0.244 e. The van der Waals surface area contributed by atoms with Crippen molar-refractivity contribution in [3.8, 4) is 0 Å². The molecule has 0 spiro atoms. The predicted molar refractivity (Wildman–Crippen MR) is 66.9 cm³/mol. The minimum atomic E-state index is 0.275. The summed E-state index contributed by atoms with van der Waals surface area (Å²) in [5.41, 5.74) is 5.97. The third-order valence-electron chi connectivity index (χ3n) is 3.97. The van der Waals surface area contributed by atoms with Gasteiger partial charge in [-0.05, 0) is 18.8 Å². The maximum Gasteiger partial charge on any atom is 0.244 e. The minimum Gasteiger partial charge on any atom is -0.338 e. The molecular weight excluding hydrogens is 214 g/mol. The Kier molecular flexibility index (Phi) is 3.01. The zero-order valence-electron chi connectivity index (χ0n) is 10.2. The molecule has 3 rings (SSSR count). The number of piperidine rings is 1. The van der Waals surface area contributed by atoms with Crippen LogP contribution in [0.2, 0.25) is 0 Å². The van der Waals surface area contributed by atoms with Crippen molar-refractivity contribution in [3.05, 3.63) is 5.82 Å². The van der Waals surface area contributed by atoms with Crippen molar-refractivity contribution in [3.63, 3.8) is 0 Å². The quantitative estimate of drug-likeness (QED) is 0.822. The summed E-state index contributed by atoms with van der Waals surface area (Å²) in [5.74, 6) is 2.72. The van der Waals surface area contributed by atoms with Crippen LogP contribution in [0.3, 0.4) is 0 Å². The van der Waals surface area contributed by atoms with Gasteiger partial charge in [0.15, 0.2) is 0 Å². The molecule has 1 saturated carbocycles. The largest absolute Gasteiger partial charge is 0.338 e. The van der Waals surface area contributed by atoms with E-state index >= 15 is 0 Å². The first-order valence-corrected chi connectivity index (χ1v) is 6.73. The van der Waals surface area contributed by atoms with E-state index in [2.05, 4.69) is 20.1 Å². The standard InChI is InChI=1S/C12H21N5/c13-10-5-2-6-17(8-10)12-14-11(15-16-12)7-9-3-1-4-9/h9-10H,1-8,13H2,(H,14,15,16). The summed E-state index contributed by atoms with van der Waals surface area (Å²) in [5, 5.41) is 7.39. The van der Waals surface area contributed by atoms with E-state index < -0.39 is 0 Å². The number of anilines is 1. The average molecular weight is 235 g/mol. The first-order valence-electron chi connectivity index (χ1n) is 6.73. The number of H-pyrrole nitrogens is 1. The molecular formula is C12H21N5. The van der Waals surface area contributed by atoms with Crippen molar-refractivity contribution in [2.24, 2.45) is 11.7 Å². The molecule has 17 heavy (non-hydrogen) atoms. The van der Waals surface area contributed by atoms with E-state index in [1.165, 1.54) is 19.3 Å². The van der Waals surface area contributed by atoms with Crippen molar-refractivity contribution in [1.82, 2.24) is 15.2 Å². The van der Waals surface area contributed by atoms with Crippen LogP contribution in [-0.4, -0.2) is 34.3 Å². The number of nitrogens with zero attached hydrogens (tertiary/aromatic N) is 3. The van der Waals surface area contributed by atoms with Gasteiger partial charge in [-0.1, -0.05) is 19.3 Å². The Hall–Kier alpha value is -1.10. The summed E-state index contributed by atoms with van der Waals surface area (Å²) in [6, 6.07) is 0.275. The number of aromatic nitrogens is 3. The first kappa shape index (κ1) is 11.0. The number of nitrogens with one attached hydrogen (secondary N) is 1. The number of hydrogen-bond donors (Lipinski definition) is 2. The molecule has 2 heterocycles. The molecule has 0 aromatic carbocycles. The van der Waals surface area contributed by atoms with Crippen LogP contribution in [0.5, 0.6) is 0 Å². The lowest BCUT2D eigenvalue weighted by Gasteiger charge is -2.29. The predicted octanol–water partition coefficient (Wildman–Crippen LogP) is 1.07. The van der Waals surface area contributed by atoms with Crippen LogP contribution in [-0.2, 0) is 6.42 Å². The van der Waals surface area contributed by atoms with Crippen LogP contribution < -0.4 is 10.6 Å². The molecule has 1 aromatic rings. The summed E-state index contributed by atoms with van der Waals surface area (Å²) in [4.78, 5) is 6.80. The van der Waals surface area contributed by atoms with E-state index in [0.29, 0.717) is 0 Å². The Morgan fingerprint density at radius 2 is 2.18 bits per heavy atom. The molecule has 94 valence electrons. The molecule has 2 fully saturated rings. The molecule has 5 nitrogen and oxygen atoms in total. The van der Waals surface area contributed by atoms with E-state index in [4.69, 9.17) is 5.73 Å². The Bertz CT molecular complexity index is 371. The maximum atomic E-state index is 5.97. The number of aromatic amines is 1. The van der Waals surface area contributed by atoms with Crippen molar-refractivity contribution in [2.75, 3.05) is 18.0 Å². The zero-order valence-corrected chi connectivity index (χ0v) is 10.2. The lowest BCUT2D eigenvalue weighted by atomic mass is 9.83. The van der Waals surface area contributed by atoms with Gasteiger partial charge in [0, 0.05) is 25.6 Å². The van der Waals surface area contributed by atoms with Gasteiger partial charge >= 0.3 is 0 Å². The second kappa shape index (κ2) is 4.64. The molecule has 0 amide bonds. The molecule has 1 aromatic heterocycles. The molecule has 1 aliphatic heterocycles. The van der Waals surface area contributed by atoms with E-state index in [0.717, 1.165) is 50.0 Å². The van der Waals surface area contributed by atoms with Crippen molar-refractivity contribution < 1.29 is 0 Å². The highest BCUT2D eigenvalue weighted by Crippen LogP contribution is 2.29. The summed E-state index contributed by atoms with van der Waals surface area (Å²) >= 11 is 0. The summed E-state index contributed by atoms with van der Waals surface area (Å²) in [6.45, 7) is 1.93. The van der Waals surface area contributed by atoms with Gasteiger partial charge in [0.05, 0.1) is 0 Å². The third-order valence-corrected chi connectivity index (χ3v) is 3.97.